The molecule has 0 saturated carbocycles. The number of piperazine rings is 1. The molecular formula is C24H28ClN5OS2. The fourth-order valence-corrected chi connectivity index (χ4v) is 5.56. The summed E-state index contributed by atoms with van der Waals surface area (Å²) < 4.78 is 2.15. The van der Waals surface area contributed by atoms with Crippen molar-refractivity contribution in [2.45, 2.75) is 29.5 Å². The van der Waals surface area contributed by atoms with Crippen molar-refractivity contribution < 1.29 is 4.79 Å². The number of nitrogens with two attached hydrogens (primary N) is 1. The van der Waals surface area contributed by atoms with Crippen LogP contribution in [0, 0.1) is 0 Å². The number of amides is 1. The molecule has 2 N–H and O–H groups in total. The quantitative estimate of drug-likeness (QED) is 0.339. The Kier molecular flexibility index (Phi) is 8.61. The molecule has 0 bridgehead atoms. The van der Waals surface area contributed by atoms with Gasteiger partial charge >= 0.3 is 0 Å². The third-order valence-corrected chi connectivity index (χ3v) is 7.76. The molecule has 0 spiro atoms. The molecule has 174 valence electrons. The highest BCUT2D eigenvalue weighted by Crippen LogP contribution is 2.30. The van der Waals surface area contributed by atoms with Crippen molar-refractivity contribution in [3.05, 3.63) is 77.8 Å². The van der Waals surface area contributed by atoms with E-state index < -0.39 is 0 Å². The summed E-state index contributed by atoms with van der Waals surface area (Å²) in [5, 5.41) is 6.55. The number of anilines is 1. The minimum absolute atomic E-state index is 0.0519. The summed E-state index contributed by atoms with van der Waals surface area (Å²) in [4.78, 5) is 21.3. The van der Waals surface area contributed by atoms with Gasteiger partial charge in [-0.1, -0.05) is 23.7 Å². The van der Waals surface area contributed by atoms with Gasteiger partial charge in [0.2, 0.25) is 0 Å². The highest BCUT2D eigenvalue weighted by molar-refractivity contribution is 8.11. The molecule has 2 heterocycles. The molecule has 0 aliphatic carbocycles. The van der Waals surface area contributed by atoms with Crippen LogP contribution in [0.2, 0.25) is 5.02 Å². The molecule has 1 fully saturated rings. The second-order valence-corrected chi connectivity index (χ2v) is 10.4. The van der Waals surface area contributed by atoms with Crippen LogP contribution in [0.3, 0.4) is 0 Å². The monoisotopic (exact) mass is 501 g/mol. The summed E-state index contributed by atoms with van der Waals surface area (Å²) in [6, 6.07) is 16.9. The fraction of sp³-hybridized carbons (Fsp3) is 0.333. The zero-order chi connectivity index (χ0) is 23.0. The predicted molar refractivity (Wildman–Crippen MR) is 139 cm³/mol. The Labute approximate surface area is 208 Å². The first-order valence-corrected chi connectivity index (χ1v) is 13.1. The molecule has 1 amide bonds. The van der Waals surface area contributed by atoms with E-state index >= 15 is 0 Å². The molecule has 1 aliphatic rings. The van der Waals surface area contributed by atoms with Gasteiger partial charge < -0.3 is 14.4 Å². The van der Waals surface area contributed by atoms with E-state index in [9.17, 15) is 4.79 Å². The van der Waals surface area contributed by atoms with E-state index in [1.807, 2.05) is 47.5 Å². The first-order chi connectivity index (χ1) is 16.1. The van der Waals surface area contributed by atoms with Gasteiger partial charge in [-0.25, -0.2) is 4.98 Å². The minimum Gasteiger partial charge on any atom is -0.368 e. The normalized spacial score (nSPS) is 15.0. The van der Waals surface area contributed by atoms with Crippen molar-refractivity contribution in [3.63, 3.8) is 0 Å². The molecule has 2 aromatic carbocycles. The third kappa shape index (κ3) is 6.93. The topological polar surface area (TPSA) is 67.4 Å². The molecule has 1 unspecified atom stereocenters. The van der Waals surface area contributed by atoms with Crippen LogP contribution >= 0.6 is 35.3 Å². The van der Waals surface area contributed by atoms with Gasteiger partial charge in [0.1, 0.15) is 0 Å². The van der Waals surface area contributed by atoms with Crippen LogP contribution in [0.15, 0.2) is 72.1 Å². The Balaban J connectivity index is 1.36. The minimum atomic E-state index is -0.0519. The van der Waals surface area contributed by atoms with Crippen LogP contribution in [0.4, 0.5) is 10.5 Å². The lowest BCUT2D eigenvalue weighted by molar-refractivity contribution is 0.219. The van der Waals surface area contributed by atoms with Crippen molar-refractivity contribution in [2.24, 2.45) is 5.14 Å². The smallest absolute Gasteiger partial charge is 0.296 e. The highest BCUT2D eigenvalue weighted by atomic mass is 35.5. The summed E-state index contributed by atoms with van der Waals surface area (Å²) in [7, 11) is 0. The second kappa shape index (κ2) is 11.8. The van der Waals surface area contributed by atoms with E-state index in [1.165, 1.54) is 16.1 Å². The zero-order valence-electron chi connectivity index (χ0n) is 18.3. The number of halogens is 1. The Morgan fingerprint density at radius 2 is 1.79 bits per heavy atom. The number of aromatic nitrogens is 2. The largest absolute Gasteiger partial charge is 0.368 e. The van der Waals surface area contributed by atoms with Crippen LogP contribution in [0.25, 0.3) is 0 Å². The number of hydrogen-bond donors (Lipinski definition) is 1. The third-order valence-electron chi connectivity index (χ3n) is 5.79. The summed E-state index contributed by atoms with van der Waals surface area (Å²) in [5.74, 6) is 0. The second-order valence-electron chi connectivity index (χ2n) is 8.02. The summed E-state index contributed by atoms with van der Waals surface area (Å²) in [6.45, 7) is 3.97. The fourth-order valence-electron chi connectivity index (χ4n) is 3.95. The number of imidazole rings is 1. The number of carbonyl (C=O) groups is 1. The number of aryl methyl sites for hydroxylation is 1. The van der Waals surface area contributed by atoms with Crippen molar-refractivity contribution in [1.82, 2.24) is 14.5 Å². The molecule has 1 aromatic heterocycles. The van der Waals surface area contributed by atoms with Gasteiger partial charge in [0.15, 0.2) is 0 Å². The number of benzene rings is 2. The summed E-state index contributed by atoms with van der Waals surface area (Å²) in [6.07, 6.45) is 7.79. The van der Waals surface area contributed by atoms with Gasteiger partial charge in [0.25, 0.3) is 5.24 Å². The maximum Gasteiger partial charge on any atom is 0.296 e. The molecular weight excluding hydrogens is 474 g/mol. The van der Waals surface area contributed by atoms with Gasteiger partial charge in [-0.15, -0.1) is 11.8 Å². The average Bonchev–Trinajstić information content (AvgIpc) is 3.37. The van der Waals surface area contributed by atoms with Crippen molar-refractivity contribution in [1.29, 1.82) is 0 Å². The van der Waals surface area contributed by atoms with Crippen molar-refractivity contribution in [2.75, 3.05) is 31.1 Å². The molecule has 0 radical (unpaired) electrons. The lowest BCUT2D eigenvalue weighted by Crippen LogP contribution is -2.47. The Morgan fingerprint density at radius 3 is 2.42 bits per heavy atom. The van der Waals surface area contributed by atoms with E-state index in [4.69, 9.17) is 16.7 Å². The van der Waals surface area contributed by atoms with Gasteiger partial charge in [-0.2, -0.15) is 0 Å². The van der Waals surface area contributed by atoms with E-state index in [0.717, 1.165) is 49.4 Å². The van der Waals surface area contributed by atoms with Crippen LogP contribution < -0.4 is 10.0 Å². The number of hydrogen-bond acceptors (Lipinski definition) is 6. The lowest BCUT2D eigenvalue weighted by Gasteiger charge is -2.35. The molecule has 1 atom stereocenters. The van der Waals surface area contributed by atoms with Crippen molar-refractivity contribution in [3.8, 4) is 0 Å². The van der Waals surface area contributed by atoms with Gasteiger partial charge in [0.05, 0.1) is 6.33 Å². The predicted octanol–water partition coefficient (Wildman–Crippen LogP) is 5.18. The van der Waals surface area contributed by atoms with Crippen LogP contribution in [-0.4, -0.2) is 51.1 Å². The number of nitrogens with zero attached hydrogens (tertiary/aromatic N) is 4. The maximum atomic E-state index is 11.8. The standard InChI is InChI=1S/C24H28ClN5OS2/c25-20-4-1-19(2-5-20)3-8-23(17-28-12-11-27-18-28)32-22-9-6-21(7-10-22)29-13-15-30(16-14-29)24(31)33-26/h1-2,4-7,9-12,18,23H,3,8,13-17,26H2. The Hall–Kier alpha value is -2.13. The van der Waals surface area contributed by atoms with Gasteiger partial charge in [-0.3, -0.25) is 9.93 Å². The average molecular weight is 502 g/mol. The number of rotatable bonds is 8. The molecule has 6 nitrogen and oxygen atoms in total. The van der Waals surface area contributed by atoms with E-state index in [-0.39, 0.29) is 5.24 Å². The molecule has 1 aliphatic heterocycles. The summed E-state index contributed by atoms with van der Waals surface area (Å²) in [5.41, 5.74) is 2.50. The number of carbonyl (C=O) groups excluding carboxylic acids is 1. The zero-order valence-corrected chi connectivity index (χ0v) is 20.7. The maximum absolute atomic E-state index is 11.8. The Bertz CT molecular complexity index is 1010. The van der Waals surface area contributed by atoms with Gasteiger partial charge in [-0.05, 0) is 54.8 Å². The highest BCUT2D eigenvalue weighted by Gasteiger charge is 2.21. The van der Waals surface area contributed by atoms with E-state index in [0.29, 0.717) is 18.3 Å². The SMILES string of the molecule is NSC(=O)N1CCN(c2ccc(SC(CCc3ccc(Cl)cc3)Cn3ccnc3)cc2)CC1. The van der Waals surface area contributed by atoms with Gasteiger partial charge in [0, 0.05) is 77.9 Å². The first kappa shape index (κ1) is 24.0. The van der Waals surface area contributed by atoms with E-state index in [1.54, 1.807) is 0 Å². The number of thioether (sulfide) groups is 1. The van der Waals surface area contributed by atoms with Crippen LogP contribution in [0.1, 0.15) is 12.0 Å². The van der Waals surface area contributed by atoms with Crippen molar-refractivity contribution >= 4 is 46.2 Å². The molecule has 33 heavy (non-hydrogen) atoms. The molecule has 4 rings (SSSR count). The van der Waals surface area contributed by atoms with E-state index in [2.05, 4.69) is 50.8 Å². The van der Waals surface area contributed by atoms with Crippen LogP contribution in [-0.2, 0) is 13.0 Å². The first-order valence-electron chi connectivity index (χ1n) is 11.0. The summed E-state index contributed by atoms with van der Waals surface area (Å²) >= 11 is 8.74. The molecule has 9 heteroatoms. The molecule has 3 aromatic rings. The van der Waals surface area contributed by atoms with Crippen LogP contribution in [0.5, 0.6) is 0 Å². The Morgan fingerprint density at radius 1 is 1.06 bits per heavy atom. The lowest BCUT2D eigenvalue weighted by atomic mass is 10.1. The molecule has 1 saturated heterocycles.